The predicted octanol–water partition coefficient (Wildman–Crippen LogP) is 0.270. The molecule has 0 aliphatic carbocycles. The van der Waals surface area contributed by atoms with Crippen molar-refractivity contribution in [3.8, 4) is 5.75 Å². The van der Waals surface area contributed by atoms with E-state index in [1.165, 1.54) is 15.7 Å². The van der Waals surface area contributed by atoms with Crippen molar-refractivity contribution in [2.24, 2.45) is 0 Å². The zero-order valence-corrected chi connectivity index (χ0v) is 14.4. The Hall–Kier alpha value is -1.16. The molecular formula is C13H20N2O5S2. The van der Waals surface area contributed by atoms with Crippen LogP contribution in [-0.4, -0.2) is 65.0 Å². The van der Waals surface area contributed by atoms with Gasteiger partial charge in [0.05, 0.1) is 13.4 Å². The molecule has 1 aromatic rings. The quantitative estimate of drug-likeness (QED) is 0.780. The highest BCUT2D eigenvalue weighted by Crippen LogP contribution is 2.28. The molecule has 0 atom stereocenters. The Labute approximate surface area is 131 Å². The van der Waals surface area contributed by atoms with Gasteiger partial charge in [-0.3, -0.25) is 0 Å². The van der Waals surface area contributed by atoms with Crippen LogP contribution in [0.2, 0.25) is 0 Å². The Kier molecular flexibility index (Phi) is 4.81. The van der Waals surface area contributed by atoms with Crippen LogP contribution in [-0.2, 0) is 20.0 Å². The summed E-state index contributed by atoms with van der Waals surface area (Å²) in [7, 11) is -5.58. The number of piperazine rings is 1. The van der Waals surface area contributed by atoms with E-state index in [1.54, 1.807) is 25.1 Å². The van der Waals surface area contributed by atoms with Crippen LogP contribution in [0.3, 0.4) is 0 Å². The van der Waals surface area contributed by atoms with Crippen LogP contribution in [0.1, 0.15) is 5.56 Å². The summed E-state index contributed by atoms with van der Waals surface area (Å²) < 4.78 is 56.2. The van der Waals surface area contributed by atoms with Gasteiger partial charge in [-0.15, -0.1) is 0 Å². The zero-order valence-electron chi connectivity index (χ0n) is 12.8. The van der Waals surface area contributed by atoms with Crippen molar-refractivity contribution in [2.45, 2.75) is 11.8 Å². The van der Waals surface area contributed by atoms with Gasteiger partial charge in [0.1, 0.15) is 10.6 Å². The third kappa shape index (κ3) is 3.43. The lowest BCUT2D eigenvalue weighted by Crippen LogP contribution is -2.50. The van der Waals surface area contributed by atoms with Crippen molar-refractivity contribution in [2.75, 3.05) is 39.5 Å². The number of hydrogen-bond donors (Lipinski definition) is 0. The van der Waals surface area contributed by atoms with E-state index in [-0.39, 0.29) is 36.8 Å². The van der Waals surface area contributed by atoms with Gasteiger partial charge >= 0.3 is 0 Å². The molecule has 0 spiro atoms. The highest BCUT2D eigenvalue weighted by atomic mass is 32.2. The Morgan fingerprint density at radius 2 is 1.55 bits per heavy atom. The molecule has 0 amide bonds. The second kappa shape index (κ2) is 6.15. The summed E-state index contributed by atoms with van der Waals surface area (Å²) in [4.78, 5) is 0.114. The highest BCUT2D eigenvalue weighted by molar-refractivity contribution is 7.89. The predicted molar refractivity (Wildman–Crippen MR) is 82.9 cm³/mol. The highest BCUT2D eigenvalue weighted by Gasteiger charge is 2.33. The topological polar surface area (TPSA) is 84.0 Å². The van der Waals surface area contributed by atoms with E-state index in [0.29, 0.717) is 0 Å². The summed E-state index contributed by atoms with van der Waals surface area (Å²) in [5.41, 5.74) is 0.814. The zero-order chi connectivity index (χ0) is 16.5. The molecule has 22 heavy (non-hydrogen) atoms. The first-order valence-electron chi connectivity index (χ1n) is 6.76. The normalized spacial score (nSPS) is 18.3. The number of ether oxygens (including phenoxy) is 1. The fourth-order valence-corrected chi connectivity index (χ4v) is 4.86. The Morgan fingerprint density at radius 1 is 1.00 bits per heavy atom. The summed E-state index contributed by atoms with van der Waals surface area (Å²) >= 11 is 0. The fraction of sp³-hybridized carbons (Fsp3) is 0.538. The first-order valence-corrected chi connectivity index (χ1v) is 10.0. The van der Waals surface area contributed by atoms with Crippen LogP contribution in [0.25, 0.3) is 0 Å². The van der Waals surface area contributed by atoms with Crippen LogP contribution in [0.4, 0.5) is 0 Å². The summed E-state index contributed by atoms with van der Waals surface area (Å²) in [6.45, 7) is 2.39. The Morgan fingerprint density at radius 3 is 2.05 bits per heavy atom. The van der Waals surface area contributed by atoms with Gasteiger partial charge < -0.3 is 4.74 Å². The van der Waals surface area contributed by atoms with Crippen molar-refractivity contribution in [1.29, 1.82) is 0 Å². The summed E-state index contributed by atoms with van der Waals surface area (Å²) in [5.74, 6) is 0.288. The molecule has 0 aromatic heterocycles. The number of rotatable bonds is 4. The first-order chi connectivity index (χ1) is 10.2. The van der Waals surface area contributed by atoms with Crippen LogP contribution in [0.15, 0.2) is 23.1 Å². The van der Waals surface area contributed by atoms with Gasteiger partial charge in [-0.05, 0) is 24.6 Å². The number of hydrogen-bond acceptors (Lipinski definition) is 5. The lowest BCUT2D eigenvalue weighted by molar-refractivity contribution is 0.273. The largest absolute Gasteiger partial charge is 0.495 e. The lowest BCUT2D eigenvalue weighted by atomic mass is 10.2. The molecule has 1 aliphatic rings. The van der Waals surface area contributed by atoms with E-state index < -0.39 is 20.0 Å². The van der Waals surface area contributed by atoms with E-state index in [0.717, 1.165) is 11.8 Å². The molecule has 124 valence electrons. The van der Waals surface area contributed by atoms with Crippen molar-refractivity contribution in [1.82, 2.24) is 8.61 Å². The molecule has 0 unspecified atom stereocenters. The number of nitrogens with zero attached hydrogens (tertiary/aromatic N) is 2. The van der Waals surface area contributed by atoms with Gasteiger partial charge in [-0.25, -0.2) is 16.8 Å². The maximum Gasteiger partial charge on any atom is 0.246 e. The lowest BCUT2D eigenvalue weighted by Gasteiger charge is -2.32. The molecule has 1 aromatic carbocycles. The molecule has 1 aliphatic heterocycles. The minimum absolute atomic E-state index is 0.114. The molecule has 1 saturated heterocycles. The van der Waals surface area contributed by atoms with Gasteiger partial charge in [-0.2, -0.15) is 8.61 Å². The van der Waals surface area contributed by atoms with Gasteiger partial charge in [0.15, 0.2) is 0 Å². The van der Waals surface area contributed by atoms with Gasteiger partial charge in [0, 0.05) is 26.2 Å². The van der Waals surface area contributed by atoms with E-state index in [1.807, 2.05) is 0 Å². The second-order valence-electron chi connectivity index (χ2n) is 5.22. The van der Waals surface area contributed by atoms with Crippen molar-refractivity contribution in [3.05, 3.63) is 23.8 Å². The Bertz CT molecular complexity index is 751. The molecule has 9 heteroatoms. The summed E-state index contributed by atoms with van der Waals surface area (Å²) in [6, 6.07) is 4.96. The number of sulfonamides is 2. The van der Waals surface area contributed by atoms with Crippen LogP contribution < -0.4 is 4.74 Å². The molecule has 0 bridgehead atoms. The molecule has 7 nitrogen and oxygen atoms in total. The van der Waals surface area contributed by atoms with Crippen LogP contribution in [0.5, 0.6) is 5.75 Å². The molecule has 0 saturated carbocycles. The number of aryl methyl sites for hydroxylation is 1. The number of benzene rings is 1. The maximum absolute atomic E-state index is 12.8. The van der Waals surface area contributed by atoms with Gasteiger partial charge in [0.25, 0.3) is 0 Å². The van der Waals surface area contributed by atoms with E-state index in [4.69, 9.17) is 4.74 Å². The minimum atomic E-state index is -3.71. The number of methoxy groups -OCH3 is 1. The SMILES string of the molecule is COc1ccc(C)cc1S(=O)(=O)N1CCN(S(C)(=O)=O)CC1. The summed E-state index contributed by atoms with van der Waals surface area (Å²) in [5, 5.41) is 0. The third-order valence-corrected chi connectivity index (χ3v) is 6.83. The third-order valence-electron chi connectivity index (χ3n) is 3.60. The molecule has 1 heterocycles. The standard InChI is InChI=1S/C13H20N2O5S2/c1-11-4-5-12(20-2)13(10-11)22(18,19)15-8-6-14(7-9-15)21(3,16)17/h4-5,10H,6-9H2,1-3H3. The van der Waals surface area contributed by atoms with Gasteiger partial charge in [-0.1, -0.05) is 6.07 Å². The second-order valence-corrected chi connectivity index (χ2v) is 9.11. The molecule has 0 N–H and O–H groups in total. The average Bonchev–Trinajstić information content (AvgIpc) is 2.46. The molecule has 1 fully saturated rings. The van der Waals surface area contributed by atoms with Crippen LogP contribution in [0, 0.1) is 6.92 Å². The summed E-state index contributed by atoms with van der Waals surface area (Å²) in [6.07, 6.45) is 1.13. The molecular weight excluding hydrogens is 328 g/mol. The van der Waals surface area contributed by atoms with E-state index >= 15 is 0 Å². The average molecular weight is 348 g/mol. The first kappa shape index (κ1) is 17.2. The smallest absolute Gasteiger partial charge is 0.246 e. The fourth-order valence-electron chi connectivity index (χ4n) is 2.37. The van der Waals surface area contributed by atoms with Gasteiger partial charge in [0.2, 0.25) is 20.0 Å². The maximum atomic E-state index is 12.8. The Balaban J connectivity index is 2.28. The monoisotopic (exact) mass is 348 g/mol. The molecule has 0 radical (unpaired) electrons. The van der Waals surface area contributed by atoms with Crippen molar-refractivity contribution in [3.63, 3.8) is 0 Å². The van der Waals surface area contributed by atoms with Crippen LogP contribution >= 0.6 is 0 Å². The van der Waals surface area contributed by atoms with E-state index in [2.05, 4.69) is 0 Å². The van der Waals surface area contributed by atoms with E-state index in [9.17, 15) is 16.8 Å². The van der Waals surface area contributed by atoms with Crippen molar-refractivity contribution < 1.29 is 21.6 Å². The molecule has 2 rings (SSSR count). The van der Waals surface area contributed by atoms with Crippen molar-refractivity contribution >= 4 is 20.0 Å². The minimum Gasteiger partial charge on any atom is -0.495 e.